The molecule has 0 atom stereocenters. The van der Waals surface area contributed by atoms with Gasteiger partial charge in [-0.3, -0.25) is 9.59 Å². The van der Waals surface area contributed by atoms with Gasteiger partial charge in [0.1, 0.15) is 6.07 Å². The van der Waals surface area contributed by atoms with E-state index < -0.39 is 0 Å². The van der Waals surface area contributed by atoms with Crippen molar-refractivity contribution in [1.29, 1.82) is 5.26 Å². The third kappa shape index (κ3) is 4.71. The van der Waals surface area contributed by atoms with E-state index in [1.807, 2.05) is 13.0 Å². The van der Waals surface area contributed by atoms with Crippen molar-refractivity contribution >= 4 is 34.8 Å². The zero-order valence-electron chi connectivity index (χ0n) is 15.7. The van der Waals surface area contributed by atoms with Crippen LogP contribution >= 0.6 is 11.6 Å². The zero-order valence-corrected chi connectivity index (χ0v) is 16.4. The van der Waals surface area contributed by atoms with Crippen molar-refractivity contribution in [2.75, 3.05) is 10.6 Å². The van der Waals surface area contributed by atoms with Crippen LogP contribution in [0.4, 0.5) is 11.4 Å². The van der Waals surface area contributed by atoms with E-state index in [0.29, 0.717) is 42.0 Å². The van der Waals surface area contributed by atoms with Gasteiger partial charge in [-0.05, 0) is 62.4 Å². The van der Waals surface area contributed by atoms with E-state index in [1.54, 1.807) is 36.4 Å². The molecule has 0 aromatic heterocycles. The molecule has 1 aliphatic rings. The van der Waals surface area contributed by atoms with Crippen LogP contribution in [0.3, 0.4) is 0 Å². The number of nitrogens with zero attached hydrogens (tertiary/aromatic N) is 1. The molecule has 5 nitrogen and oxygen atoms in total. The third-order valence-corrected chi connectivity index (χ3v) is 5.47. The van der Waals surface area contributed by atoms with Gasteiger partial charge in [0.05, 0.1) is 11.3 Å². The van der Waals surface area contributed by atoms with Gasteiger partial charge < -0.3 is 10.6 Å². The van der Waals surface area contributed by atoms with Crippen LogP contribution < -0.4 is 10.6 Å². The molecule has 3 rings (SSSR count). The summed E-state index contributed by atoms with van der Waals surface area (Å²) in [4.78, 5) is 25.1. The normalized spacial score (nSPS) is 18.8. The predicted molar refractivity (Wildman–Crippen MR) is 110 cm³/mol. The highest BCUT2D eigenvalue weighted by molar-refractivity contribution is 6.31. The molecule has 0 saturated heterocycles. The number of nitrogens with one attached hydrogen (secondary N) is 2. The highest BCUT2D eigenvalue weighted by atomic mass is 35.5. The highest BCUT2D eigenvalue weighted by Gasteiger charge is 2.30. The lowest BCUT2D eigenvalue weighted by Gasteiger charge is -2.27. The average molecular weight is 396 g/mol. The molecule has 6 heteroatoms. The van der Waals surface area contributed by atoms with Crippen LogP contribution in [-0.2, 0) is 9.59 Å². The lowest BCUT2D eigenvalue weighted by Crippen LogP contribution is -2.32. The standard InChI is InChI=1S/C22H22ClN3O2/c1-14-6-11-18(23)12-20(14)26-22(28)16-9-7-15(8-10-16)21(27)25-19-5-3-2-4-17(19)13-24/h2-6,11-12,15-16H,7-10H2,1H3,(H,25,27)(H,26,28). The minimum atomic E-state index is -0.149. The number of hydrogen-bond acceptors (Lipinski definition) is 3. The Kier molecular flexibility index (Phi) is 6.33. The van der Waals surface area contributed by atoms with Gasteiger partial charge in [0.15, 0.2) is 0 Å². The van der Waals surface area contributed by atoms with Crippen molar-refractivity contribution in [3.8, 4) is 6.07 Å². The van der Waals surface area contributed by atoms with Crippen molar-refractivity contribution in [2.24, 2.45) is 11.8 Å². The van der Waals surface area contributed by atoms with Gasteiger partial charge >= 0.3 is 0 Å². The lowest BCUT2D eigenvalue weighted by atomic mass is 9.81. The molecule has 2 aromatic rings. The van der Waals surface area contributed by atoms with Gasteiger partial charge in [0, 0.05) is 22.5 Å². The van der Waals surface area contributed by atoms with Gasteiger partial charge in [0.2, 0.25) is 11.8 Å². The van der Waals surface area contributed by atoms with Gasteiger partial charge in [-0.2, -0.15) is 5.26 Å². The molecule has 0 aliphatic heterocycles. The summed E-state index contributed by atoms with van der Waals surface area (Å²) >= 11 is 6.01. The maximum absolute atomic E-state index is 12.6. The van der Waals surface area contributed by atoms with Crippen molar-refractivity contribution in [2.45, 2.75) is 32.6 Å². The summed E-state index contributed by atoms with van der Waals surface area (Å²) in [5, 5.41) is 15.5. The third-order valence-electron chi connectivity index (χ3n) is 5.23. The minimum absolute atomic E-state index is 0.0287. The van der Waals surface area contributed by atoms with Crippen LogP contribution in [0.15, 0.2) is 42.5 Å². The summed E-state index contributed by atoms with van der Waals surface area (Å²) in [5.41, 5.74) is 2.67. The first kappa shape index (κ1) is 19.9. The number of hydrogen-bond donors (Lipinski definition) is 2. The SMILES string of the molecule is Cc1ccc(Cl)cc1NC(=O)C1CCC(C(=O)Nc2ccccc2C#N)CC1. The lowest BCUT2D eigenvalue weighted by molar-refractivity contribution is -0.125. The summed E-state index contributed by atoms with van der Waals surface area (Å²) in [6.45, 7) is 1.92. The second-order valence-corrected chi connectivity index (χ2v) is 7.58. The molecule has 2 amide bonds. The van der Waals surface area contributed by atoms with Crippen LogP contribution in [0.2, 0.25) is 5.02 Å². The molecule has 2 N–H and O–H groups in total. The summed E-state index contributed by atoms with van der Waals surface area (Å²) in [7, 11) is 0. The van der Waals surface area contributed by atoms with Crippen molar-refractivity contribution < 1.29 is 9.59 Å². The fraction of sp³-hybridized carbons (Fsp3) is 0.318. The van der Waals surface area contributed by atoms with Crippen molar-refractivity contribution in [3.05, 3.63) is 58.6 Å². The van der Waals surface area contributed by atoms with Gasteiger partial charge in [-0.1, -0.05) is 29.8 Å². The largest absolute Gasteiger partial charge is 0.326 e. The van der Waals surface area contributed by atoms with E-state index in [1.165, 1.54) is 0 Å². The topological polar surface area (TPSA) is 82.0 Å². The molecule has 1 saturated carbocycles. The summed E-state index contributed by atoms with van der Waals surface area (Å²) in [5.74, 6) is -0.385. The molecule has 28 heavy (non-hydrogen) atoms. The Hall–Kier alpha value is -2.84. The number of para-hydroxylation sites is 1. The maximum Gasteiger partial charge on any atom is 0.227 e. The Bertz CT molecular complexity index is 928. The fourth-order valence-corrected chi connectivity index (χ4v) is 3.68. The molecular weight excluding hydrogens is 374 g/mol. The van der Waals surface area contributed by atoms with Crippen LogP contribution in [0.5, 0.6) is 0 Å². The zero-order chi connectivity index (χ0) is 20.1. The number of anilines is 2. The number of aryl methyl sites for hydroxylation is 1. The summed E-state index contributed by atoms with van der Waals surface area (Å²) in [6, 6.07) is 14.4. The first-order valence-electron chi connectivity index (χ1n) is 9.35. The van der Waals surface area contributed by atoms with Crippen molar-refractivity contribution in [3.63, 3.8) is 0 Å². The van der Waals surface area contributed by atoms with E-state index in [-0.39, 0.29) is 23.7 Å². The first-order chi connectivity index (χ1) is 13.5. The number of benzene rings is 2. The number of carbonyl (C=O) groups excluding carboxylic acids is 2. The molecule has 0 radical (unpaired) electrons. The highest BCUT2D eigenvalue weighted by Crippen LogP contribution is 2.31. The molecule has 0 unspecified atom stereocenters. The number of carbonyl (C=O) groups is 2. The van der Waals surface area contributed by atoms with E-state index in [9.17, 15) is 9.59 Å². The first-order valence-corrected chi connectivity index (χ1v) is 9.72. The second kappa shape index (κ2) is 8.90. The Morgan fingerprint density at radius 2 is 1.54 bits per heavy atom. The molecule has 144 valence electrons. The maximum atomic E-state index is 12.6. The molecule has 2 aromatic carbocycles. The smallest absolute Gasteiger partial charge is 0.227 e. The van der Waals surface area contributed by atoms with Gasteiger partial charge in [-0.25, -0.2) is 0 Å². The van der Waals surface area contributed by atoms with E-state index >= 15 is 0 Å². The number of rotatable bonds is 4. The van der Waals surface area contributed by atoms with E-state index in [0.717, 1.165) is 11.3 Å². The second-order valence-electron chi connectivity index (χ2n) is 7.14. The Morgan fingerprint density at radius 3 is 2.14 bits per heavy atom. The molecule has 0 spiro atoms. The van der Waals surface area contributed by atoms with E-state index in [4.69, 9.17) is 16.9 Å². The Balaban J connectivity index is 1.55. The number of halogens is 1. The molecule has 1 fully saturated rings. The Labute approximate surface area is 169 Å². The molecule has 1 aliphatic carbocycles. The van der Waals surface area contributed by atoms with Gasteiger partial charge in [-0.15, -0.1) is 0 Å². The van der Waals surface area contributed by atoms with Gasteiger partial charge in [0.25, 0.3) is 0 Å². The summed E-state index contributed by atoms with van der Waals surface area (Å²) < 4.78 is 0. The number of nitriles is 1. The molecule has 0 bridgehead atoms. The minimum Gasteiger partial charge on any atom is -0.326 e. The van der Waals surface area contributed by atoms with Crippen LogP contribution in [0.25, 0.3) is 0 Å². The average Bonchev–Trinajstić information content (AvgIpc) is 2.71. The summed E-state index contributed by atoms with van der Waals surface area (Å²) in [6.07, 6.45) is 2.60. The molecular formula is C22H22ClN3O2. The fourth-order valence-electron chi connectivity index (χ4n) is 3.51. The van der Waals surface area contributed by atoms with Crippen LogP contribution in [0.1, 0.15) is 36.8 Å². The quantitative estimate of drug-likeness (QED) is 0.772. The predicted octanol–water partition coefficient (Wildman–Crippen LogP) is 4.90. The van der Waals surface area contributed by atoms with Crippen molar-refractivity contribution in [1.82, 2.24) is 0 Å². The van der Waals surface area contributed by atoms with E-state index in [2.05, 4.69) is 16.7 Å². The molecule has 0 heterocycles. The number of amides is 2. The Morgan fingerprint density at radius 1 is 0.964 bits per heavy atom. The van der Waals surface area contributed by atoms with Crippen LogP contribution in [0, 0.1) is 30.1 Å². The van der Waals surface area contributed by atoms with Crippen LogP contribution in [-0.4, -0.2) is 11.8 Å². The monoisotopic (exact) mass is 395 g/mol.